The highest BCUT2D eigenvalue weighted by molar-refractivity contribution is 8.14. The molecule has 0 spiro atoms. The van der Waals surface area contributed by atoms with Gasteiger partial charge in [-0.15, -0.1) is 0 Å². The Hall–Kier alpha value is -3.21. The molecule has 2 aromatic carbocycles. The van der Waals surface area contributed by atoms with E-state index in [2.05, 4.69) is 5.10 Å². The minimum atomic E-state index is -4.95. The topological polar surface area (TPSA) is 80.2 Å². The van der Waals surface area contributed by atoms with Crippen molar-refractivity contribution in [3.63, 3.8) is 0 Å². The van der Waals surface area contributed by atoms with E-state index in [9.17, 15) is 22.8 Å². The molecule has 1 heterocycles. The summed E-state index contributed by atoms with van der Waals surface area (Å²) in [6.07, 6.45) is -4.52. The molecular formula is C21H20F3N3O4S. The standard InChI is InChI=1S/C21H20F3N3O4S/c1-30-17-8-5-14(11-18(17)31-2)16-12-32-20(29)27(26-16)10-9-13-3-6-15(7-4-13)25-19(28)21(22,23)24/h3-8,11H,9-10,12H2,1-2H3,(H,25,28). The van der Waals surface area contributed by atoms with E-state index in [1.165, 1.54) is 24.3 Å². The number of ether oxygens (including phenoxy) is 2. The largest absolute Gasteiger partial charge is 0.493 e. The molecular weight excluding hydrogens is 447 g/mol. The lowest BCUT2D eigenvalue weighted by Gasteiger charge is -2.23. The van der Waals surface area contributed by atoms with Gasteiger partial charge in [0.1, 0.15) is 0 Å². The van der Waals surface area contributed by atoms with E-state index in [0.717, 1.165) is 22.9 Å². The first-order valence-corrected chi connectivity index (χ1v) is 10.4. The Kier molecular flexibility index (Phi) is 7.29. The predicted molar refractivity (Wildman–Crippen MR) is 115 cm³/mol. The van der Waals surface area contributed by atoms with E-state index < -0.39 is 12.1 Å². The molecule has 170 valence electrons. The van der Waals surface area contributed by atoms with Gasteiger partial charge in [-0.3, -0.25) is 9.59 Å². The monoisotopic (exact) mass is 467 g/mol. The van der Waals surface area contributed by atoms with E-state index in [1.54, 1.807) is 36.7 Å². The molecule has 3 rings (SSSR count). The van der Waals surface area contributed by atoms with Crippen molar-refractivity contribution in [1.29, 1.82) is 0 Å². The molecule has 0 bridgehead atoms. The number of hydrogen-bond donors (Lipinski definition) is 1. The zero-order chi connectivity index (χ0) is 23.3. The smallest absolute Gasteiger partial charge is 0.471 e. The quantitative estimate of drug-likeness (QED) is 0.656. The molecule has 2 amide bonds. The van der Waals surface area contributed by atoms with Gasteiger partial charge in [0.05, 0.1) is 19.9 Å². The number of hydrazone groups is 1. The fraction of sp³-hybridized carbons (Fsp3) is 0.286. The van der Waals surface area contributed by atoms with Crippen LogP contribution in [0.1, 0.15) is 11.1 Å². The molecule has 32 heavy (non-hydrogen) atoms. The number of amides is 2. The Balaban J connectivity index is 1.66. The molecule has 7 nitrogen and oxygen atoms in total. The summed E-state index contributed by atoms with van der Waals surface area (Å²) < 4.78 is 47.6. The number of benzene rings is 2. The van der Waals surface area contributed by atoms with Crippen molar-refractivity contribution >= 4 is 34.3 Å². The maximum atomic E-state index is 12.3. The molecule has 0 atom stereocenters. The minimum absolute atomic E-state index is 0.0365. The van der Waals surface area contributed by atoms with E-state index >= 15 is 0 Å². The number of anilines is 1. The third kappa shape index (κ3) is 5.72. The van der Waals surface area contributed by atoms with Crippen LogP contribution in [0.4, 0.5) is 23.7 Å². The van der Waals surface area contributed by atoms with Gasteiger partial charge in [0.25, 0.3) is 0 Å². The highest BCUT2D eigenvalue weighted by Crippen LogP contribution is 2.29. The molecule has 2 aromatic rings. The number of halogens is 3. The van der Waals surface area contributed by atoms with E-state index in [4.69, 9.17) is 9.47 Å². The second-order valence-corrected chi connectivity index (χ2v) is 7.62. The van der Waals surface area contributed by atoms with Gasteiger partial charge in [-0.25, -0.2) is 5.01 Å². The van der Waals surface area contributed by atoms with Crippen LogP contribution in [-0.2, 0) is 11.2 Å². The average Bonchev–Trinajstić information content (AvgIpc) is 2.78. The van der Waals surface area contributed by atoms with Crippen molar-refractivity contribution in [2.75, 3.05) is 31.8 Å². The lowest BCUT2D eigenvalue weighted by atomic mass is 10.1. The number of methoxy groups -OCH3 is 2. The zero-order valence-corrected chi connectivity index (χ0v) is 18.0. The zero-order valence-electron chi connectivity index (χ0n) is 17.2. The van der Waals surface area contributed by atoms with Gasteiger partial charge < -0.3 is 14.8 Å². The van der Waals surface area contributed by atoms with E-state index in [0.29, 0.717) is 29.4 Å². The number of carbonyl (C=O) groups is 2. The molecule has 11 heteroatoms. The molecule has 0 aromatic heterocycles. The number of nitrogens with one attached hydrogen (secondary N) is 1. The SMILES string of the molecule is COc1ccc(C2=NN(CCc3ccc(NC(=O)C(F)(F)F)cc3)C(=O)SC2)cc1OC. The predicted octanol–water partition coefficient (Wildman–Crippen LogP) is 4.32. The molecule has 1 aliphatic rings. The Labute approximate surface area is 186 Å². The number of carbonyl (C=O) groups excluding carboxylic acids is 2. The normalized spacial score (nSPS) is 14.1. The maximum absolute atomic E-state index is 12.3. The van der Waals surface area contributed by atoms with Crippen LogP contribution in [0.2, 0.25) is 0 Å². The first-order valence-electron chi connectivity index (χ1n) is 9.42. The Morgan fingerprint density at radius 2 is 1.81 bits per heavy atom. The van der Waals surface area contributed by atoms with Gasteiger partial charge >= 0.3 is 17.3 Å². The molecule has 0 fully saturated rings. The third-order valence-electron chi connectivity index (χ3n) is 4.58. The third-order valence-corrected chi connectivity index (χ3v) is 5.46. The molecule has 0 saturated carbocycles. The lowest BCUT2D eigenvalue weighted by molar-refractivity contribution is -0.167. The van der Waals surface area contributed by atoms with Crippen molar-refractivity contribution in [1.82, 2.24) is 5.01 Å². The van der Waals surface area contributed by atoms with Crippen LogP contribution in [0, 0.1) is 0 Å². The lowest BCUT2D eigenvalue weighted by Crippen LogP contribution is -2.31. The second kappa shape index (κ2) is 9.94. The van der Waals surface area contributed by atoms with Crippen molar-refractivity contribution in [3.05, 3.63) is 53.6 Å². The van der Waals surface area contributed by atoms with E-state index in [1.807, 2.05) is 6.07 Å². The summed E-state index contributed by atoms with van der Waals surface area (Å²) in [6.45, 7) is 0.289. The van der Waals surface area contributed by atoms with Gasteiger partial charge in [0, 0.05) is 23.5 Å². The first kappa shape index (κ1) is 23.5. The summed E-state index contributed by atoms with van der Waals surface area (Å²) in [7, 11) is 3.08. The van der Waals surface area contributed by atoms with Crippen LogP contribution in [0.25, 0.3) is 0 Å². The average molecular weight is 467 g/mol. The van der Waals surface area contributed by atoms with Gasteiger partial charge in [-0.05, 0) is 42.3 Å². The van der Waals surface area contributed by atoms with Gasteiger partial charge in [0.15, 0.2) is 11.5 Å². The number of alkyl halides is 3. The van der Waals surface area contributed by atoms with Crippen LogP contribution in [0.5, 0.6) is 11.5 Å². The Bertz CT molecular complexity index is 1030. The van der Waals surface area contributed by atoms with Crippen molar-refractivity contribution in [3.8, 4) is 11.5 Å². The molecule has 1 aliphatic heterocycles. The summed E-state index contributed by atoms with van der Waals surface area (Å²) in [5, 5.41) is 7.42. The molecule has 0 radical (unpaired) electrons. The van der Waals surface area contributed by atoms with Gasteiger partial charge in [-0.2, -0.15) is 18.3 Å². The molecule has 0 unspecified atom stereocenters. The van der Waals surface area contributed by atoms with Crippen molar-refractivity contribution < 1.29 is 32.2 Å². The van der Waals surface area contributed by atoms with Crippen LogP contribution >= 0.6 is 11.8 Å². The van der Waals surface area contributed by atoms with E-state index in [-0.39, 0.29) is 17.5 Å². The summed E-state index contributed by atoms with van der Waals surface area (Å²) in [6, 6.07) is 11.3. The van der Waals surface area contributed by atoms with Crippen molar-refractivity contribution in [2.45, 2.75) is 12.6 Å². The van der Waals surface area contributed by atoms with Crippen LogP contribution in [-0.4, -0.2) is 54.6 Å². The Morgan fingerprint density at radius 1 is 1.12 bits per heavy atom. The van der Waals surface area contributed by atoms with Crippen LogP contribution < -0.4 is 14.8 Å². The molecule has 1 N–H and O–H groups in total. The fourth-order valence-electron chi connectivity index (χ4n) is 2.91. The highest BCUT2D eigenvalue weighted by atomic mass is 32.2. The Morgan fingerprint density at radius 3 is 2.44 bits per heavy atom. The van der Waals surface area contributed by atoms with Gasteiger partial charge in [0.2, 0.25) is 0 Å². The van der Waals surface area contributed by atoms with Crippen molar-refractivity contribution in [2.24, 2.45) is 5.10 Å². The molecule has 0 aliphatic carbocycles. The van der Waals surface area contributed by atoms with Crippen LogP contribution in [0.15, 0.2) is 47.6 Å². The fourth-order valence-corrected chi connectivity index (χ4v) is 3.68. The number of thioether (sulfide) groups is 1. The number of hydrogen-bond acceptors (Lipinski definition) is 6. The summed E-state index contributed by atoms with van der Waals surface area (Å²) >= 11 is 1.13. The second-order valence-electron chi connectivity index (χ2n) is 6.69. The summed E-state index contributed by atoms with van der Waals surface area (Å²) in [5.41, 5.74) is 2.33. The minimum Gasteiger partial charge on any atom is -0.493 e. The number of nitrogens with zero attached hydrogens (tertiary/aromatic N) is 2. The number of rotatable bonds is 7. The first-order chi connectivity index (χ1) is 15.2. The summed E-state index contributed by atoms with van der Waals surface area (Å²) in [5.74, 6) is -0.474. The molecule has 0 saturated heterocycles. The summed E-state index contributed by atoms with van der Waals surface area (Å²) in [4.78, 5) is 23.3. The maximum Gasteiger partial charge on any atom is 0.471 e. The van der Waals surface area contributed by atoms with Gasteiger partial charge in [-0.1, -0.05) is 23.9 Å². The highest BCUT2D eigenvalue weighted by Gasteiger charge is 2.38. The van der Waals surface area contributed by atoms with Crippen LogP contribution in [0.3, 0.4) is 0 Å².